The number of nitrogens with one attached hydrogen (secondary N) is 1. The quantitative estimate of drug-likeness (QED) is 0.843. The van der Waals surface area contributed by atoms with Gasteiger partial charge in [-0.2, -0.15) is 5.10 Å². The molecule has 2 N–H and O–H groups in total. The minimum absolute atomic E-state index is 0.249. The Balaban J connectivity index is 1.88. The number of hydrogen-bond donors (Lipinski definition) is 2. The van der Waals surface area contributed by atoms with Gasteiger partial charge >= 0.3 is 0 Å². The molecule has 0 spiro atoms. The van der Waals surface area contributed by atoms with Crippen LogP contribution in [-0.4, -0.2) is 45.8 Å². The number of aromatic amines is 1. The van der Waals surface area contributed by atoms with E-state index in [1.807, 2.05) is 13.0 Å². The molecule has 25 heavy (non-hydrogen) atoms. The smallest absolute Gasteiger partial charge is 0.248 e. The highest BCUT2D eigenvalue weighted by Gasteiger charge is 2.33. The first-order valence-corrected chi connectivity index (χ1v) is 8.88. The van der Waals surface area contributed by atoms with Gasteiger partial charge in [0.15, 0.2) is 0 Å². The summed E-state index contributed by atoms with van der Waals surface area (Å²) in [5.74, 6) is -0.249. The van der Waals surface area contributed by atoms with Gasteiger partial charge < -0.3 is 10.0 Å². The summed E-state index contributed by atoms with van der Waals surface area (Å²) in [6, 6.07) is 1.88. The number of carbonyl (C=O) groups is 1. The van der Waals surface area contributed by atoms with Crippen molar-refractivity contribution in [3.05, 3.63) is 44.7 Å². The molecular formula is C18H17Cl2N3O2. The number of fused-ring (bicyclic) bond motifs is 2. The van der Waals surface area contributed by atoms with Gasteiger partial charge in [0.25, 0.3) is 0 Å². The van der Waals surface area contributed by atoms with E-state index in [0.717, 1.165) is 46.4 Å². The third-order valence-electron chi connectivity index (χ3n) is 5.08. The Morgan fingerprint density at radius 2 is 2.20 bits per heavy atom. The van der Waals surface area contributed by atoms with Crippen LogP contribution in [0.5, 0.6) is 0 Å². The number of amides is 1. The molecule has 1 aliphatic heterocycles. The molecule has 0 bridgehead atoms. The van der Waals surface area contributed by atoms with Crippen molar-refractivity contribution in [2.45, 2.75) is 19.8 Å². The fourth-order valence-corrected chi connectivity index (χ4v) is 4.24. The van der Waals surface area contributed by atoms with E-state index in [-0.39, 0.29) is 5.91 Å². The SMILES string of the molecule is Cc1[nH]ncc1-c1cc(Cl)c(Cl)c2c1C1=C(CCN(C(=O)CO)C1)C2. The number of nitrogens with zero attached hydrogens (tertiary/aromatic N) is 2. The minimum atomic E-state index is -0.468. The van der Waals surface area contributed by atoms with Crippen molar-refractivity contribution in [3.8, 4) is 11.1 Å². The molecule has 7 heteroatoms. The lowest BCUT2D eigenvalue weighted by Crippen LogP contribution is -2.37. The van der Waals surface area contributed by atoms with Crippen molar-refractivity contribution in [1.82, 2.24) is 15.1 Å². The third kappa shape index (κ3) is 2.58. The van der Waals surface area contributed by atoms with E-state index in [1.54, 1.807) is 11.1 Å². The van der Waals surface area contributed by atoms with Crippen LogP contribution >= 0.6 is 23.2 Å². The van der Waals surface area contributed by atoms with Crippen molar-refractivity contribution < 1.29 is 9.90 Å². The van der Waals surface area contributed by atoms with Crippen molar-refractivity contribution in [2.24, 2.45) is 0 Å². The molecule has 0 unspecified atom stereocenters. The Labute approximate surface area is 155 Å². The number of hydrogen-bond acceptors (Lipinski definition) is 3. The molecule has 5 nitrogen and oxygen atoms in total. The van der Waals surface area contributed by atoms with Gasteiger partial charge in [-0.1, -0.05) is 28.8 Å². The zero-order valence-electron chi connectivity index (χ0n) is 13.7. The minimum Gasteiger partial charge on any atom is -0.387 e. The topological polar surface area (TPSA) is 69.2 Å². The highest BCUT2D eigenvalue weighted by molar-refractivity contribution is 6.43. The van der Waals surface area contributed by atoms with Gasteiger partial charge in [0.2, 0.25) is 5.91 Å². The molecular weight excluding hydrogens is 361 g/mol. The molecule has 0 saturated carbocycles. The number of benzene rings is 1. The van der Waals surface area contributed by atoms with Gasteiger partial charge in [-0.3, -0.25) is 9.89 Å². The van der Waals surface area contributed by atoms with Gasteiger partial charge in [0.1, 0.15) is 6.61 Å². The Morgan fingerprint density at radius 3 is 2.88 bits per heavy atom. The summed E-state index contributed by atoms with van der Waals surface area (Å²) in [6.07, 6.45) is 3.33. The predicted molar refractivity (Wildman–Crippen MR) is 97.7 cm³/mol. The molecule has 130 valence electrons. The lowest BCUT2D eigenvalue weighted by molar-refractivity contribution is -0.133. The van der Waals surface area contributed by atoms with E-state index in [0.29, 0.717) is 23.1 Å². The highest BCUT2D eigenvalue weighted by Crippen LogP contribution is 2.48. The molecule has 2 aliphatic rings. The monoisotopic (exact) mass is 377 g/mol. The molecule has 1 amide bonds. The van der Waals surface area contributed by atoms with E-state index in [4.69, 9.17) is 23.2 Å². The van der Waals surface area contributed by atoms with Crippen LogP contribution in [0, 0.1) is 6.92 Å². The van der Waals surface area contributed by atoms with Crippen molar-refractivity contribution in [1.29, 1.82) is 0 Å². The summed E-state index contributed by atoms with van der Waals surface area (Å²) in [5, 5.41) is 17.4. The highest BCUT2D eigenvalue weighted by atomic mass is 35.5. The van der Waals surface area contributed by atoms with Crippen molar-refractivity contribution >= 4 is 34.7 Å². The lowest BCUT2D eigenvalue weighted by atomic mass is 9.92. The first kappa shape index (κ1) is 16.6. The van der Waals surface area contributed by atoms with Gasteiger partial charge in [-0.25, -0.2) is 0 Å². The maximum Gasteiger partial charge on any atom is 0.248 e. The van der Waals surface area contributed by atoms with Crippen LogP contribution in [0.2, 0.25) is 10.0 Å². The van der Waals surface area contributed by atoms with Crippen LogP contribution in [0.1, 0.15) is 23.2 Å². The average molecular weight is 378 g/mol. The summed E-state index contributed by atoms with van der Waals surface area (Å²) >= 11 is 12.9. The molecule has 0 saturated heterocycles. The zero-order chi connectivity index (χ0) is 17.7. The van der Waals surface area contributed by atoms with Gasteiger partial charge in [-0.05, 0) is 48.1 Å². The summed E-state index contributed by atoms with van der Waals surface area (Å²) in [6.45, 7) is 2.61. The second-order valence-corrected chi connectivity index (χ2v) is 7.25. The average Bonchev–Trinajstić information content (AvgIpc) is 3.20. The standard InChI is InChI=1S/C18H17Cl2N3O2/c1-9-13(6-21-22-9)11-5-15(19)18(20)12-4-10-2-3-23(16(25)8-24)7-14(10)17(11)12/h5-6,24H,2-4,7-8H2,1H3,(H,21,22). The van der Waals surface area contributed by atoms with Crippen LogP contribution in [-0.2, 0) is 11.2 Å². The van der Waals surface area contributed by atoms with Gasteiger partial charge in [0, 0.05) is 24.3 Å². The first-order valence-electron chi connectivity index (χ1n) is 8.12. The van der Waals surface area contributed by atoms with Gasteiger partial charge in [-0.15, -0.1) is 0 Å². The fourth-order valence-electron chi connectivity index (χ4n) is 3.80. The molecule has 1 aromatic heterocycles. The Bertz CT molecular complexity index is 917. The number of H-pyrrole nitrogens is 1. The number of aromatic nitrogens is 2. The first-order chi connectivity index (χ1) is 12.0. The Morgan fingerprint density at radius 1 is 1.40 bits per heavy atom. The molecule has 0 fully saturated rings. The second-order valence-electron chi connectivity index (χ2n) is 6.46. The van der Waals surface area contributed by atoms with E-state index in [9.17, 15) is 9.90 Å². The molecule has 4 rings (SSSR count). The van der Waals surface area contributed by atoms with Crippen molar-refractivity contribution in [2.75, 3.05) is 19.7 Å². The summed E-state index contributed by atoms with van der Waals surface area (Å²) in [5.41, 5.74) is 7.42. The van der Waals surface area contributed by atoms with E-state index < -0.39 is 6.61 Å². The molecule has 2 heterocycles. The maximum atomic E-state index is 11.9. The van der Waals surface area contributed by atoms with Crippen molar-refractivity contribution in [3.63, 3.8) is 0 Å². The van der Waals surface area contributed by atoms with Crippen LogP contribution in [0.3, 0.4) is 0 Å². The summed E-state index contributed by atoms with van der Waals surface area (Å²) in [7, 11) is 0. The van der Waals surface area contributed by atoms with Gasteiger partial charge in [0.05, 0.1) is 16.2 Å². The fraction of sp³-hybridized carbons (Fsp3) is 0.333. The molecule has 2 aromatic rings. The number of carbonyl (C=O) groups excluding carboxylic acids is 1. The number of aliphatic hydroxyl groups excluding tert-OH is 1. The number of aliphatic hydroxyl groups is 1. The third-order valence-corrected chi connectivity index (χ3v) is 5.90. The molecule has 1 aromatic carbocycles. The van der Waals surface area contributed by atoms with Crippen LogP contribution < -0.4 is 0 Å². The summed E-state index contributed by atoms with van der Waals surface area (Å²) in [4.78, 5) is 13.6. The number of halogens is 2. The molecule has 1 aliphatic carbocycles. The Hall–Kier alpha value is -1.82. The largest absolute Gasteiger partial charge is 0.387 e. The summed E-state index contributed by atoms with van der Waals surface area (Å²) < 4.78 is 0. The number of rotatable bonds is 2. The molecule has 0 radical (unpaired) electrons. The normalized spacial score (nSPS) is 16.2. The van der Waals surface area contributed by atoms with Crippen LogP contribution in [0.25, 0.3) is 16.7 Å². The van der Waals surface area contributed by atoms with E-state index in [1.165, 1.54) is 5.57 Å². The Kier molecular flexibility index (Phi) is 4.10. The second kappa shape index (κ2) is 6.16. The zero-order valence-corrected chi connectivity index (χ0v) is 15.2. The lowest BCUT2D eigenvalue weighted by Gasteiger charge is -2.28. The van der Waals surface area contributed by atoms with E-state index >= 15 is 0 Å². The number of aryl methyl sites for hydroxylation is 1. The molecule has 0 atom stereocenters. The van der Waals surface area contributed by atoms with Crippen LogP contribution in [0.4, 0.5) is 0 Å². The maximum absolute atomic E-state index is 11.9. The van der Waals surface area contributed by atoms with Crippen LogP contribution in [0.15, 0.2) is 17.8 Å². The predicted octanol–water partition coefficient (Wildman–Crippen LogP) is 3.23. The van der Waals surface area contributed by atoms with E-state index in [2.05, 4.69) is 10.2 Å².